The van der Waals surface area contributed by atoms with Gasteiger partial charge in [-0.3, -0.25) is 15.4 Å². The van der Waals surface area contributed by atoms with Crippen LogP contribution in [0.25, 0.3) is 0 Å². The van der Waals surface area contributed by atoms with Crippen LogP contribution in [-0.4, -0.2) is 24.7 Å². The molecule has 0 saturated carbocycles. The van der Waals surface area contributed by atoms with Crippen LogP contribution in [0.3, 0.4) is 0 Å². The van der Waals surface area contributed by atoms with Crippen molar-refractivity contribution in [2.24, 2.45) is 5.73 Å². The number of nitrogens with two attached hydrogens (primary N) is 1. The van der Waals surface area contributed by atoms with Gasteiger partial charge in [0, 0.05) is 11.1 Å². The lowest BCUT2D eigenvalue weighted by Gasteiger charge is -2.32. The first-order valence-electron chi connectivity index (χ1n) is 6.71. The number of ether oxygens (including phenoxy) is 1. The third kappa shape index (κ3) is 2.22. The number of nitrogens with zero attached hydrogens (tertiary/aromatic N) is 1. The maximum Gasteiger partial charge on any atom is 0.280 e. The van der Waals surface area contributed by atoms with Crippen molar-refractivity contribution in [3.8, 4) is 5.75 Å². The molecule has 22 heavy (non-hydrogen) atoms. The number of carbonyl (C=O) groups is 1. The zero-order valence-corrected chi connectivity index (χ0v) is 12.0. The molecule has 1 unspecified atom stereocenters. The minimum absolute atomic E-state index is 0.0625. The van der Waals surface area contributed by atoms with Crippen LogP contribution in [0, 0.1) is 5.82 Å². The summed E-state index contributed by atoms with van der Waals surface area (Å²) in [5.74, 6) is -0.295. The highest BCUT2D eigenvalue weighted by atomic mass is 19.1. The Labute approximate surface area is 127 Å². The molecular weight excluding hydrogens is 287 g/mol. The SMILES string of the molecule is CON1C(=O)c2ccc(F)cc2C1(N)COc1ccccc1. The van der Waals surface area contributed by atoms with Crippen LogP contribution >= 0.6 is 0 Å². The summed E-state index contributed by atoms with van der Waals surface area (Å²) in [5, 5.41) is 1.01. The summed E-state index contributed by atoms with van der Waals surface area (Å²) in [6.07, 6.45) is 0. The van der Waals surface area contributed by atoms with Crippen molar-refractivity contribution in [1.82, 2.24) is 5.06 Å². The minimum Gasteiger partial charge on any atom is -0.489 e. The van der Waals surface area contributed by atoms with E-state index in [9.17, 15) is 9.18 Å². The van der Waals surface area contributed by atoms with Gasteiger partial charge in [0.05, 0.1) is 7.11 Å². The van der Waals surface area contributed by atoms with Crippen molar-refractivity contribution in [2.45, 2.75) is 5.66 Å². The van der Waals surface area contributed by atoms with E-state index in [2.05, 4.69) is 0 Å². The van der Waals surface area contributed by atoms with Gasteiger partial charge in [-0.15, -0.1) is 0 Å². The van der Waals surface area contributed by atoms with Crippen LogP contribution in [0.1, 0.15) is 15.9 Å². The van der Waals surface area contributed by atoms with Crippen LogP contribution < -0.4 is 10.5 Å². The van der Waals surface area contributed by atoms with Gasteiger partial charge in [0.2, 0.25) is 0 Å². The first-order valence-corrected chi connectivity index (χ1v) is 6.71. The van der Waals surface area contributed by atoms with Crippen molar-refractivity contribution >= 4 is 5.91 Å². The number of fused-ring (bicyclic) bond motifs is 1. The minimum atomic E-state index is -1.39. The molecule has 2 aromatic carbocycles. The first-order chi connectivity index (χ1) is 10.6. The molecule has 0 bridgehead atoms. The average Bonchev–Trinajstić information content (AvgIpc) is 2.74. The summed E-state index contributed by atoms with van der Waals surface area (Å²) < 4.78 is 19.2. The largest absolute Gasteiger partial charge is 0.489 e. The van der Waals surface area contributed by atoms with Crippen molar-refractivity contribution in [2.75, 3.05) is 13.7 Å². The van der Waals surface area contributed by atoms with Crippen molar-refractivity contribution < 1.29 is 18.8 Å². The Morgan fingerprint density at radius 1 is 1.23 bits per heavy atom. The Kier molecular flexibility index (Phi) is 3.56. The lowest BCUT2D eigenvalue weighted by atomic mass is 10.00. The summed E-state index contributed by atoms with van der Waals surface area (Å²) >= 11 is 0. The molecule has 0 saturated heterocycles. The summed E-state index contributed by atoms with van der Waals surface area (Å²) in [7, 11) is 1.34. The number of halogens is 1. The molecule has 5 nitrogen and oxygen atoms in total. The molecule has 0 fully saturated rings. The normalized spacial score (nSPS) is 20.1. The van der Waals surface area contributed by atoms with Crippen LogP contribution in [0.5, 0.6) is 5.75 Å². The zero-order valence-electron chi connectivity index (χ0n) is 12.0. The van der Waals surface area contributed by atoms with E-state index in [4.69, 9.17) is 15.3 Å². The van der Waals surface area contributed by atoms with Crippen molar-refractivity contribution in [3.63, 3.8) is 0 Å². The van der Waals surface area contributed by atoms with Gasteiger partial charge < -0.3 is 4.74 Å². The first kappa shape index (κ1) is 14.5. The van der Waals surface area contributed by atoms with Crippen molar-refractivity contribution in [3.05, 3.63) is 65.5 Å². The van der Waals surface area contributed by atoms with Gasteiger partial charge in [0.25, 0.3) is 5.91 Å². The maximum atomic E-state index is 13.6. The van der Waals surface area contributed by atoms with E-state index in [1.807, 2.05) is 18.2 Å². The Morgan fingerprint density at radius 3 is 2.64 bits per heavy atom. The van der Waals surface area contributed by atoms with E-state index >= 15 is 0 Å². The molecule has 1 atom stereocenters. The standard InChI is InChI=1S/C16H15FN2O3/c1-21-19-15(20)13-8-7-11(17)9-14(13)16(19,18)10-22-12-5-3-2-4-6-12/h2-9H,10,18H2,1H3. The van der Waals surface area contributed by atoms with E-state index in [-0.39, 0.29) is 6.61 Å². The van der Waals surface area contributed by atoms with Gasteiger partial charge in [-0.05, 0) is 30.3 Å². The molecule has 2 aromatic rings. The maximum absolute atomic E-state index is 13.6. The van der Waals surface area contributed by atoms with E-state index in [0.29, 0.717) is 16.9 Å². The van der Waals surface area contributed by atoms with Gasteiger partial charge >= 0.3 is 0 Å². The van der Waals surface area contributed by atoms with Gasteiger partial charge in [-0.2, -0.15) is 5.06 Å². The molecule has 6 heteroatoms. The number of hydroxylamine groups is 2. The summed E-state index contributed by atoms with van der Waals surface area (Å²) in [6.45, 7) is -0.0625. The summed E-state index contributed by atoms with van der Waals surface area (Å²) in [4.78, 5) is 17.4. The summed E-state index contributed by atoms with van der Waals surface area (Å²) in [5.41, 5.74) is 5.58. The van der Waals surface area contributed by atoms with E-state index < -0.39 is 17.4 Å². The van der Waals surface area contributed by atoms with Crippen molar-refractivity contribution in [1.29, 1.82) is 0 Å². The number of hydrogen-bond donors (Lipinski definition) is 1. The van der Waals surface area contributed by atoms with Gasteiger partial charge in [-0.25, -0.2) is 4.39 Å². The van der Waals surface area contributed by atoms with Crippen LogP contribution in [0.15, 0.2) is 48.5 Å². The Bertz CT molecular complexity index is 708. The Hall–Kier alpha value is -2.44. The topological polar surface area (TPSA) is 64.8 Å². The van der Waals surface area contributed by atoms with Crippen LogP contribution in [0.4, 0.5) is 4.39 Å². The fourth-order valence-corrected chi connectivity index (χ4v) is 2.55. The van der Waals surface area contributed by atoms with Gasteiger partial charge in [0.15, 0.2) is 5.66 Å². The predicted molar refractivity (Wildman–Crippen MR) is 77.4 cm³/mol. The third-order valence-corrected chi connectivity index (χ3v) is 3.61. The molecular formula is C16H15FN2O3. The number of benzene rings is 2. The lowest BCUT2D eigenvalue weighted by molar-refractivity contribution is -0.167. The van der Waals surface area contributed by atoms with Gasteiger partial charge in [-0.1, -0.05) is 18.2 Å². The predicted octanol–water partition coefficient (Wildman–Crippen LogP) is 2.03. The molecule has 2 N–H and O–H groups in total. The highest BCUT2D eigenvalue weighted by Crippen LogP contribution is 2.36. The molecule has 0 radical (unpaired) electrons. The smallest absolute Gasteiger partial charge is 0.280 e. The lowest BCUT2D eigenvalue weighted by Crippen LogP contribution is -2.54. The number of carbonyl (C=O) groups excluding carboxylic acids is 1. The number of amides is 1. The fourth-order valence-electron chi connectivity index (χ4n) is 2.55. The highest BCUT2D eigenvalue weighted by molar-refractivity contribution is 5.99. The molecule has 3 rings (SSSR count). The Balaban J connectivity index is 1.96. The monoisotopic (exact) mass is 302 g/mol. The zero-order chi connectivity index (χ0) is 15.7. The third-order valence-electron chi connectivity index (χ3n) is 3.61. The fraction of sp³-hybridized carbons (Fsp3) is 0.188. The van der Waals surface area contributed by atoms with Gasteiger partial charge in [0.1, 0.15) is 18.2 Å². The molecule has 1 aliphatic heterocycles. The number of para-hydroxylation sites is 1. The molecule has 1 aliphatic rings. The van der Waals surface area contributed by atoms with Crippen LogP contribution in [-0.2, 0) is 10.5 Å². The second kappa shape index (κ2) is 5.40. The van der Waals surface area contributed by atoms with Crippen LogP contribution in [0.2, 0.25) is 0 Å². The summed E-state index contributed by atoms with van der Waals surface area (Å²) in [6, 6.07) is 12.9. The molecule has 0 aliphatic carbocycles. The number of hydrogen-bond acceptors (Lipinski definition) is 4. The Morgan fingerprint density at radius 2 is 1.95 bits per heavy atom. The molecule has 1 amide bonds. The highest BCUT2D eigenvalue weighted by Gasteiger charge is 2.49. The molecule has 114 valence electrons. The number of rotatable bonds is 4. The second-order valence-corrected chi connectivity index (χ2v) is 5.00. The van der Waals surface area contributed by atoms with E-state index in [1.54, 1.807) is 12.1 Å². The second-order valence-electron chi connectivity index (χ2n) is 5.00. The van der Waals surface area contributed by atoms with E-state index in [1.165, 1.54) is 25.3 Å². The average molecular weight is 302 g/mol. The molecule has 1 heterocycles. The molecule has 0 aromatic heterocycles. The molecule has 0 spiro atoms. The van der Waals surface area contributed by atoms with E-state index in [0.717, 1.165) is 5.06 Å². The quantitative estimate of drug-likeness (QED) is 0.938.